The van der Waals surface area contributed by atoms with Gasteiger partial charge in [-0.15, -0.1) is 0 Å². The lowest BCUT2D eigenvalue weighted by Crippen LogP contribution is -2.37. The molecule has 1 fully saturated rings. The zero-order valence-electron chi connectivity index (χ0n) is 9.85. The molecule has 1 aromatic rings. The van der Waals surface area contributed by atoms with Crippen LogP contribution in [0.4, 0.5) is 5.69 Å². The molecule has 1 aromatic carbocycles. The number of aliphatic hydroxyl groups excluding tert-OH is 1. The molecule has 1 unspecified atom stereocenters. The summed E-state index contributed by atoms with van der Waals surface area (Å²) < 4.78 is 0. The summed E-state index contributed by atoms with van der Waals surface area (Å²) in [5, 5.41) is 19.2. The predicted octanol–water partition coefficient (Wildman–Crippen LogP) is 2.43. The average Bonchev–Trinajstić information content (AvgIpc) is 2.14. The van der Waals surface area contributed by atoms with Gasteiger partial charge in [-0.25, -0.2) is 0 Å². The van der Waals surface area contributed by atoms with Crippen molar-refractivity contribution in [3.05, 3.63) is 23.8 Å². The van der Waals surface area contributed by atoms with Crippen LogP contribution in [0.25, 0.3) is 0 Å². The highest BCUT2D eigenvalue weighted by molar-refractivity contribution is 5.54. The van der Waals surface area contributed by atoms with E-state index in [1.54, 1.807) is 19.1 Å². The van der Waals surface area contributed by atoms with Crippen LogP contribution in [0.3, 0.4) is 0 Å². The maximum Gasteiger partial charge on any atom is 0.123 e. The van der Waals surface area contributed by atoms with Crippen LogP contribution in [-0.2, 0) is 0 Å². The Kier molecular flexibility index (Phi) is 3.06. The van der Waals surface area contributed by atoms with Gasteiger partial charge < -0.3 is 15.1 Å². The van der Waals surface area contributed by atoms with Gasteiger partial charge in [0.15, 0.2) is 0 Å². The van der Waals surface area contributed by atoms with E-state index in [2.05, 4.69) is 11.9 Å². The van der Waals surface area contributed by atoms with Gasteiger partial charge in [0.05, 0.1) is 6.10 Å². The number of hydrogen-bond acceptors (Lipinski definition) is 3. The molecule has 16 heavy (non-hydrogen) atoms. The number of anilines is 1. The molecule has 3 heteroatoms. The molecule has 0 bridgehead atoms. The van der Waals surface area contributed by atoms with Crippen molar-refractivity contribution in [2.24, 2.45) is 0 Å². The van der Waals surface area contributed by atoms with Crippen molar-refractivity contribution in [2.45, 2.75) is 38.3 Å². The van der Waals surface area contributed by atoms with Crippen LogP contribution in [0.2, 0.25) is 0 Å². The van der Waals surface area contributed by atoms with E-state index >= 15 is 0 Å². The van der Waals surface area contributed by atoms with Crippen molar-refractivity contribution >= 4 is 5.69 Å². The van der Waals surface area contributed by atoms with Crippen molar-refractivity contribution in [1.82, 2.24) is 0 Å². The molecule has 2 rings (SSSR count). The molecular formula is C13H19NO2. The molecule has 0 radical (unpaired) electrons. The summed E-state index contributed by atoms with van der Waals surface area (Å²) in [6, 6.07) is 6.10. The van der Waals surface area contributed by atoms with E-state index in [0.717, 1.165) is 5.69 Å². The monoisotopic (exact) mass is 221 g/mol. The summed E-state index contributed by atoms with van der Waals surface area (Å²) in [6.45, 7) is 1.66. The molecule has 0 spiro atoms. The molecule has 1 atom stereocenters. The number of benzene rings is 1. The second kappa shape index (κ2) is 4.34. The first-order valence-corrected chi connectivity index (χ1v) is 5.83. The second-order valence-electron chi connectivity index (χ2n) is 4.61. The summed E-state index contributed by atoms with van der Waals surface area (Å²) >= 11 is 0. The van der Waals surface area contributed by atoms with Crippen molar-refractivity contribution in [3.8, 4) is 5.75 Å². The Hall–Kier alpha value is -1.22. The maximum absolute atomic E-state index is 9.80. The van der Waals surface area contributed by atoms with Crippen molar-refractivity contribution in [3.63, 3.8) is 0 Å². The first kappa shape index (κ1) is 11.3. The Morgan fingerprint density at radius 1 is 1.38 bits per heavy atom. The number of phenols is 1. The second-order valence-corrected chi connectivity index (χ2v) is 4.61. The van der Waals surface area contributed by atoms with Gasteiger partial charge in [0.1, 0.15) is 5.75 Å². The van der Waals surface area contributed by atoms with E-state index in [4.69, 9.17) is 0 Å². The Bertz CT molecular complexity index is 372. The van der Waals surface area contributed by atoms with Gasteiger partial charge >= 0.3 is 0 Å². The topological polar surface area (TPSA) is 43.7 Å². The first-order valence-electron chi connectivity index (χ1n) is 5.83. The van der Waals surface area contributed by atoms with E-state index in [9.17, 15) is 10.2 Å². The van der Waals surface area contributed by atoms with Crippen molar-refractivity contribution in [1.29, 1.82) is 0 Å². The Labute approximate surface area is 96.3 Å². The van der Waals surface area contributed by atoms with Crippen LogP contribution in [0, 0.1) is 0 Å². The number of phenolic OH excluding ortho intramolecular Hbond substituents is 1. The van der Waals surface area contributed by atoms with E-state index in [1.807, 2.05) is 6.07 Å². The van der Waals surface area contributed by atoms with Gasteiger partial charge in [-0.1, -0.05) is 6.07 Å². The fraction of sp³-hybridized carbons (Fsp3) is 0.538. The van der Waals surface area contributed by atoms with Gasteiger partial charge in [0.25, 0.3) is 0 Å². The van der Waals surface area contributed by atoms with Crippen LogP contribution >= 0.6 is 0 Å². The molecule has 1 aliphatic carbocycles. The van der Waals surface area contributed by atoms with Crippen molar-refractivity contribution in [2.75, 3.05) is 11.9 Å². The SMILES string of the molecule is CC(O)c1ccc(N(C)C2CCC2)cc1O. The Morgan fingerprint density at radius 3 is 2.50 bits per heavy atom. The lowest BCUT2D eigenvalue weighted by molar-refractivity contribution is 0.195. The molecule has 3 nitrogen and oxygen atoms in total. The minimum absolute atomic E-state index is 0.179. The van der Waals surface area contributed by atoms with Crippen LogP contribution in [0.15, 0.2) is 18.2 Å². The molecule has 2 N–H and O–H groups in total. The number of rotatable bonds is 3. The lowest BCUT2D eigenvalue weighted by Gasteiger charge is -2.36. The summed E-state index contributed by atoms with van der Waals surface area (Å²) in [4.78, 5) is 2.20. The standard InChI is InChI=1S/C13H19NO2/c1-9(15)12-7-6-11(8-13(12)16)14(2)10-4-3-5-10/h6-10,15-16H,3-5H2,1-2H3. The number of aromatic hydroxyl groups is 1. The smallest absolute Gasteiger partial charge is 0.123 e. The van der Waals surface area contributed by atoms with Crippen LogP contribution in [0.5, 0.6) is 5.75 Å². The van der Waals surface area contributed by atoms with E-state index in [-0.39, 0.29) is 5.75 Å². The fourth-order valence-electron chi connectivity index (χ4n) is 2.09. The molecular weight excluding hydrogens is 202 g/mol. The predicted molar refractivity (Wildman–Crippen MR) is 64.8 cm³/mol. The zero-order valence-corrected chi connectivity index (χ0v) is 9.85. The molecule has 0 amide bonds. The molecule has 1 aliphatic rings. The largest absolute Gasteiger partial charge is 0.507 e. The van der Waals surface area contributed by atoms with Gasteiger partial charge in [0, 0.05) is 30.4 Å². The fourth-order valence-corrected chi connectivity index (χ4v) is 2.09. The third kappa shape index (κ3) is 2.00. The third-order valence-electron chi connectivity index (χ3n) is 3.49. The van der Waals surface area contributed by atoms with Crippen LogP contribution < -0.4 is 4.90 Å². The van der Waals surface area contributed by atoms with E-state index in [0.29, 0.717) is 11.6 Å². The van der Waals surface area contributed by atoms with Gasteiger partial charge in [-0.3, -0.25) is 0 Å². The summed E-state index contributed by atoms with van der Waals surface area (Å²) in [5.74, 6) is 0.179. The first-order chi connectivity index (χ1) is 7.59. The molecule has 1 saturated carbocycles. The molecule has 88 valence electrons. The molecule has 0 aromatic heterocycles. The molecule has 0 saturated heterocycles. The van der Waals surface area contributed by atoms with Gasteiger partial charge in [-0.2, -0.15) is 0 Å². The highest BCUT2D eigenvalue weighted by Gasteiger charge is 2.22. The molecule has 0 aliphatic heterocycles. The summed E-state index contributed by atoms with van der Waals surface area (Å²) in [7, 11) is 2.06. The lowest BCUT2D eigenvalue weighted by atomic mass is 9.91. The quantitative estimate of drug-likeness (QED) is 0.824. The maximum atomic E-state index is 9.80. The van der Waals surface area contributed by atoms with E-state index in [1.165, 1.54) is 19.3 Å². The number of nitrogens with zero attached hydrogens (tertiary/aromatic N) is 1. The minimum Gasteiger partial charge on any atom is -0.507 e. The summed E-state index contributed by atoms with van der Waals surface area (Å²) in [6.07, 6.45) is 3.14. The van der Waals surface area contributed by atoms with E-state index < -0.39 is 6.10 Å². The summed E-state index contributed by atoms with van der Waals surface area (Å²) in [5.41, 5.74) is 1.61. The number of aliphatic hydroxyl groups is 1. The van der Waals surface area contributed by atoms with Crippen molar-refractivity contribution < 1.29 is 10.2 Å². The highest BCUT2D eigenvalue weighted by atomic mass is 16.3. The average molecular weight is 221 g/mol. The van der Waals surface area contributed by atoms with Crippen LogP contribution in [0.1, 0.15) is 37.9 Å². The molecule has 0 heterocycles. The Balaban J connectivity index is 2.19. The zero-order chi connectivity index (χ0) is 11.7. The van der Waals surface area contributed by atoms with Gasteiger partial charge in [-0.05, 0) is 32.3 Å². The number of hydrogen-bond donors (Lipinski definition) is 2. The minimum atomic E-state index is -0.622. The van der Waals surface area contributed by atoms with Crippen LogP contribution in [-0.4, -0.2) is 23.3 Å². The normalized spacial score (nSPS) is 17.9. The third-order valence-corrected chi connectivity index (χ3v) is 3.49. The Morgan fingerprint density at radius 2 is 2.06 bits per heavy atom. The highest BCUT2D eigenvalue weighted by Crippen LogP contribution is 2.32. The van der Waals surface area contributed by atoms with Gasteiger partial charge in [0.2, 0.25) is 0 Å².